The second-order valence-corrected chi connectivity index (χ2v) is 3.15. The Morgan fingerprint density at radius 1 is 1.21 bits per heavy atom. The van der Waals surface area contributed by atoms with Crippen molar-refractivity contribution < 1.29 is 30.0 Å². The fraction of sp³-hybridized carbons (Fsp3) is 0.857. The minimum absolute atomic E-state index is 0.575. The number of rotatable bonds is 2. The van der Waals surface area contributed by atoms with Crippen LogP contribution in [0.3, 0.4) is 0 Å². The maximum atomic E-state index is 10.7. The molecule has 1 aliphatic heterocycles. The largest absolute Gasteiger partial charge is 0.394 e. The second-order valence-electron chi connectivity index (χ2n) is 3.15. The first-order chi connectivity index (χ1) is 6.49. The van der Waals surface area contributed by atoms with Gasteiger partial charge in [-0.25, -0.2) is 0 Å². The zero-order valence-electron chi connectivity index (χ0n) is 7.28. The number of hydrogen-bond donors (Lipinski definition) is 5. The van der Waals surface area contributed by atoms with Crippen molar-refractivity contribution in [2.75, 3.05) is 6.61 Å². The van der Waals surface area contributed by atoms with Gasteiger partial charge in [-0.3, -0.25) is 4.79 Å². The highest BCUT2D eigenvalue weighted by molar-refractivity contribution is 5.79. The van der Waals surface area contributed by atoms with Gasteiger partial charge < -0.3 is 30.9 Å². The highest BCUT2D eigenvalue weighted by Crippen LogP contribution is 2.20. The highest BCUT2D eigenvalue weighted by atomic mass is 16.5. The van der Waals surface area contributed by atoms with Crippen LogP contribution in [0.5, 0.6) is 0 Å². The van der Waals surface area contributed by atoms with Crippen LogP contribution in [0.2, 0.25) is 0 Å². The van der Waals surface area contributed by atoms with E-state index in [9.17, 15) is 20.1 Å². The van der Waals surface area contributed by atoms with E-state index in [0.717, 1.165) is 0 Å². The molecule has 7 nitrogen and oxygen atoms in total. The zero-order chi connectivity index (χ0) is 10.9. The summed E-state index contributed by atoms with van der Waals surface area (Å²) in [5.41, 5.74) is 4.88. The molecule has 0 aromatic heterocycles. The van der Waals surface area contributed by atoms with E-state index in [-0.39, 0.29) is 0 Å². The molecule has 0 aromatic carbocycles. The first-order valence-corrected chi connectivity index (χ1v) is 4.09. The molecule has 82 valence electrons. The lowest BCUT2D eigenvalue weighted by molar-refractivity contribution is -0.225. The molecule has 0 radical (unpaired) electrons. The summed E-state index contributed by atoms with van der Waals surface area (Å²) in [6.45, 7) is -0.575. The molecular formula is C7H13NO6. The van der Waals surface area contributed by atoms with E-state index in [0.29, 0.717) is 0 Å². The van der Waals surface area contributed by atoms with Crippen molar-refractivity contribution in [1.82, 2.24) is 0 Å². The van der Waals surface area contributed by atoms with Gasteiger partial charge in [-0.2, -0.15) is 0 Å². The SMILES string of the molecule is NC(=O)C1O[C@@H](CO)[C@@H](O)[C@@H](O)[C@@H]1O. The predicted octanol–water partition coefficient (Wildman–Crippen LogP) is -3.69. The normalized spacial score (nSPS) is 43.6. The van der Waals surface area contributed by atoms with Gasteiger partial charge in [0.05, 0.1) is 6.61 Å². The number of carbonyl (C=O) groups is 1. The van der Waals surface area contributed by atoms with E-state index in [2.05, 4.69) is 0 Å². The Morgan fingerprint density at radius 3 is 2.21 bits per heavy atom. The summed E-state index contributed by atoms with van der Waals surface area (Å²) in [7, 11) is 0. The quantitative estimate of drug-likeness (QED) is 0.316. The molecule has 1 saturated heterocycles. The van der Waals surface area contributed by atoms with Crippen LogP contribution < -0.4 is 5.73 Å². The predicted molar refractivity (Wildman–Crippen MR) is 43.0 cm³/mol. The van der Waals surface area contributed by atoms with Gasteiger partial charge in [-0.15, -0.1) is 0 Å². The van der Waals surface area contributed by atoms with Gasteiger partial charge in [-0.05, 0) is 0 Å². The minimum Gasteiger partial charge on any atom is -0.394 e. The molecule has 1 rings (SSSR count). The standard InChI is InChI=1S/C7H13NO6/c8-7(13)6-5(12)4(11)3(10)2(1-9)14-6/h2-6,9-12H,1H2,(H2,8,13)/t2-,3+,4+,5-,6?/m0/s1. The third-order valence-electron chi connectivity index (χ3n) is 2.17. The lowest BCUT2D eigenvalue weighted by Crippen LogP contribution is -2.61. The van der Waals surface area contributed by atoms with Gasteiger partial charge in [0.25, 0.3) is 0 Å². The summed E-state index contributed by atoms with van der Waals surface area (Å²) in [4.78, 5) is 10.7. The average molecular weight is 207 g/mol. The number of amides is 1. The monoisotopic (exact) mass is 207 g/mol. The smallest absolute Gasteiger partial charge is 0.249 e. The molecule has 1 amide bonds. The van der Waals surface area contributed by atoms with E-state index in [1.807, 2.05) is 0 Å². The Labute approximate surface area is 79.7 Å². The van der Waals surface area contributed by atoms with Gasteiger partial charge in [-0.1, -0.05) is 0 Å². The van der Waals surface area contributed by atoms with Crippen molar-refractivity contribution in [3.05, 3.63) is 0 Å². The van der Waals surface area contributed by atoms with E-state index < -0.39 is 43.0 Å². The summed E-state index contributed by atoms with van der Waals surface area (Å²) in [6, 6.07) is 0. The van der Waals surface area contributed by atoms with Crippen molar-refractivity contribution >= 4 is 5.91 Å². The topological polar surface area (TPSA) is 133 Å². The summed E-state index contributed by atoms with van der Waals surface area (Å²) in [5, 5.41) is 36.5. The van der Waals surface area contributed by atoms with Crippen molar-refractivity contribution in [2.45, 2.75) is 30.5 Å². The highest BCUT2D eigenvalue weighted by Gasteiger charge is 2.45. The molecule has 0 aromatic rings. The number of aliphatic hydroxyl groups is 4. The Kier molecular flexibility index (Phi) is 3.40. The Bertz CT molecular complexity index is 220. The Hall–Kier alpha value is -0.730. The van der Waals surface area contributed by atoms with Crippen LogP contribution in [0.1, 0.15) is 0 Å². The van der Waals surface area contributed by atoms with E-state index in [4.69, 9.17) is 15.6 Å². The van der Waals surface area contributed by atoms with Gasteiger partial charge in [0.2, 0.25) is 5.91 Å². The van der Waals surface area contributed by atoms with Gasteiger partial charge in [0.1, 0.15) is 24.4 Å². The number of primary amides is 1. The summed E-state index contributed by atoms with van der Waals surface area (Å²) < 4.78 is 4.81. The molecule has 1 fully saturated rings. The number of aliphatic hydroxyl groups excluding tert-OH is 4. The molecule has 7 heteroatoms. The molecule has 1 unspecified atom stereocenters. The van der Waals surface area contributed by atoms with Crippen LogP contribution >= 0.6 is 0 Å². The summed E-state index contributed by atoms with van der Waals surface area (Å²) in [6.07, 6.45) is -7.11. The molecule has 5 atom stereocenters. The average Bonchev–Trinajstić information content (AvgIpc) is 2.14. The third-order valence-corrected chi connectivity index (χ3v) is 2.17. The zero-order valence-corrected chi connectivity index (χ0v) is 7.28. The van der Waals surface area contributed by atoms with Crippen LogP contribution in [0, 0.1) is 0 Å². The second kappa shape index (κ2) is 4.20. The Balaban J connectivity index is 2.78. The molecule has 0 aliphatic carbocycles. The van der Waals surface area contributed by atoms with Crippen molar-refractivity contribution in [1.29, 1.82) is 0 Å². The van der Waals surface area contributed by atoms with Crippen molar-refractivity contribution in [3.8, 4) is 0 Å². The molecule has 1 heterocycles. The molecule has 0 spiro atoms. The van der Waals surface area contributed by atoms with Crippen LogP contribution in [-0.4, -0.2) is 63.5 Å². The van der Waals surface area contributed by atoms with E-state index in [1.54, 1.807) is 0 Å². The van der Waals surface area contributed by atoms with Crippen LogP contribution in [0.4, 0.5) is 0 Å². The molecule has 6 N–H and O–H groups in total. The number of hydrogen-bond acceptors (Lipinski definition) is 6. The summed E-state index contributed by atoms with van der Waals surface area (Å²) >= 11 is 0. The number of ether oxygens (including phenoxy) is 1. The molecule has 1 aliphatic rings. The first-order valence-electron chi connectivity index (χ1n) is 4.09. The van der Waals surface area contributed by atoms with Crippen LogP contribution in [-0.2, 0) is 9.53 Å². The number of nitrogens with two attached hydrogens (primary N) is 1. The van der Waals surface area contributed by atoms with Crippen molar-refractivity contribution in [2.24, 2.45) is 5.73 Å². The third kappa shape index (κ3) is 1.86. The maximum Gasteiger partial charge on any atom is 0.249 e. The molecule has 0 saturated carbocycles. The van der Waals surface area contributed by atoms with Crippen LogP contribution in [0.15, 0.2) is 0 Å². The lowest BCUT2D eigenvalue weighted by Gasteiger charge is -2.38. The minimum atomic E-state index is -1.58. The fourth-order valence-electron chi connectivity index (χ4n) is 1.34. The van der Waals surface area contributed by atoms with Gasteiger partial charge >= 0.3 is 0 Å². The van der Waals surface area contributed by atoms with E-state index in [1.165, 1.54) is 0 Å². The first kappa shape index (κ1) is 11.3. The van der Waals surface area contributed by atoms with Crippen LogP contribution in [0.25, 0.3) is 0 Å². The number of carbonyl (C=O) groups excluding carboxylic acids is 1. The molecule has 14 heavy (non-hydrogen) atoms. The fourth-order valence-corrected chi connectivity index (χ4v) is 1.34. The van der Waals surface area contributed by atoms with E-state index >= 15 is 0 Å². The maximum absolute atomic E-state index is 10.7. The molecule has 0 bridgehead atoms. The van der Waals surface area contributed by atoms with Crippen molar-refractivity contribution in [3.63, 3.8) is 0 Å². The molecular weight excluding hydrogens is 194 g/mol. The lowest BCUT2D eigenvalue weighted by atomic mass is 9.95. The van der Waals surface area contributed by atoms with Gasteiger partial charge in [0.15, 0.2) is 6.10 Å². The Morgan fingerprint density at radius 2 is 1.79 bits per heavy atom. The summed E-state index contributed by atoms with van der Waals surface area (Å²) in [5.74, 6) is -0.957. The van der Waals surface area contributed by atoms with Gasteiger partial charge in [0, 0.05) is 0 Å².